The number of ether oxygens (including phenoxy) is 1. The number of amides is 4. The molecule has 3 aromatic rings. The fraction of sp³-hybridized carbons (Fsp3) is 0.267. The summed E-state index contributed by atoms with van der Waals surface area (Å²) in [6, 6.07) is 16.7. The Morgan fingerprint density at radius 3 is 2.17 bits per heavy atom. The second-order valence-electron chi connectivity index (χ2n) is 9.52. The number of nitrogens with one attached hydrogen (secondary N) is 3. The van der Waals surface area contributed by atoms with Crippen molar-refractivity contribution in [2.75, 3.05) is 30.8 Å². The van der Waals surface area contributed by atoms with Gasteiger partial charge in [-0.1, -0.05) is 53.5 Å². The molecule has 41 heavy (non-hydrogen) atoms. The molecule has 1 aliphatic heterocycles. The second-order valence-corrected chi connectivity index (χ2v) is 10.3. The van der Waals surface area contributed by atoms with E-state index in [4.69, 9.17) is 27.9 Å². The maximum absolute atomic E-state index is 13.1. The van der Waals surface area contributed by atoms with Gasteiger partial charge in [-0.15, -0.1) is 0 Å². The molecule has 1 atom stereocenters. The minimum atomic E-state index is -1.01. The third-order valence-corrected chi connectivity index (χ3v) is 7.31. The van der Waals surface area contributed by atoms with Crippen LogP contribution in [0.25, 0.3) is 0 Å². The van der Waals surface area contributed by atoms with Gasteiger partial charge in [0.15, 0.2) is 0 Å². The zero-order valence-electron chi connectivity index (χ0n) is 22.4. The first-order valence-electron chi connectivity index (χ1n) is 13.1. The van der Waals surface area contributed by atoms with E-state index in [-0.39, 0.29) is 27.9 Å². The van der Waals surface area contributed by atoms with E-state index in [0.29, 0.717) is 35.6 Å². The highest BCUT2D eigenvalue weighted by atomic mass is 35.5. The molecule has 1 unspecified atom stereocenters. The van der Waals surface area contributed by atoms with E-state index in [9.17, 15) is 19.2 Å². The zero-order valence-corrected chi connectivity index (χ0v) is 23.9. The van der Waals surface area contributed by atoms with Crippen molar-refractivity contribution in [2.24, 2.45) is 0 Å². The van der Waals surface area contributed by atoms with Gasteiger partial charge in [0.05, 0.1) is 34.0 Å². The average molecular weight is 597 g/mol. The lowest BCUT2D eigenvalue weighted by Gasteiger charge is -2.27. The summed E-state index contributed by atoms with van der Waals surface area (Å²) in [6.07, 6.45) is 3.12. The Labute approximate surface area is 248 Å². The van der Waals surface area contributed by atoms with Gasteiger partial charge in [0.2, 0.25) is 0 Å². The van der Waals surface area contributed by atoms with E-state index in [1.165, 1.54) is 7.11 Å². The van der Waals surface area contributed by atoms with Crippen LogP contribution in [0.2, 0.25) is 10.0 Å². The number of nitrogens with zero attached hydrogens (tertiary/aromatic N) is 1. The van der Waals surface area contributed by atoms with Crippen LogP contribution >= 0.6 is 23.2 Å². The Bertz CT molecular complexity index is 1400. The van der Waals surface area contributed by atoms with Crippen LogP contribution in [0, 0.1) is 0 Å². The molecule has 3 N–H and O–H groups in total. The third-order valence-electron chi connectivity index (χ3n) is 6.68. The molecule has 0 radical (unpaired) electrons. The van der Waals surface area contributed by atoms with Crippen LogP contribution in [0.1, 0.15) is 45.5 Å². The number of hydrogen-bond donors (Lipinski definition) is 3. The Balaban J connectivity index is 1.40. The fourth-order valence-electron chi connectivity index (χ4n) is 4.57. The second kappa shape index (κ2) is 14.0. The molecule has 11 heteroatoms. The molecule has 4 rings (SSSR count). The van der Waals surface area contributed by atoms with Gasteiger partial charge in [-0.3, -0.25) is 9.59 Å². The summed E-state index contributed by atoms with van der Waals surface area (Å²) in [5, 5.41) is 8.55. The number of anilines is 2. The standard InChI is InChI=1S/C30H30Cl2N4O5/c1-41-29(39)25(18-19-12-14-20(15-13-19)33-27(37)26-22(31)9-7-10-23(26)32)35-30(40)34-24-11-4-3-8-21(24)28(38)36-16-5-2-6-17-36/h3-4,7-15,25H,2,5-6,16-18H2,1H3,(H,33,37)(H2,34,35,40). The minimum Gasteiger partial charge on any atom is -0.467 e. The number of carbonyl (C=O) groups is 4. The molecule has 214 valence electrons. The highest BCUT2D eigenvalue weighted by Gasteiger charge is 2.25. The number of likely N-dealkylation sites (tertiary alicyclic amines) is 1. The lowest BCUT2D eigenvalue weighted by Crippen LogP contribution is -2.45. The van der Waals surface area contributed by atoms with Crippen molar-refractivity contribution in [1.29, 1.82) is 0 Å². The first-order valence-corrected chi connectivity index (χ1v) is 13.9. The monoisotopic (exact) mass is 596 g/mol. The van der Waals surface area contributed by atoms with Crippen molar-refractivity contribution in [3.05, 3.63) is 93.5 Å². The Kier molecular flexibility index (Phi) is 10.2. The summed E-state index contributed by atoms with van der Waals surface area (Å²) in [5.74, 6) is -1.24. The van der Waals surface area contributed by atoms with Gasteiger partial charge < -0.3 is 25.6 Å². The van der Waals surface area contributed by atoms with Crippen LogP contribution in [-0.2, 0) is 16.0 Å². The third kappa shape index (κ3) is 7.77. The Morgan fingerprint density at radius 2 is 1.51 bits per heavy atom. The Morgan fingerprint density at radius 1 is 0.854 bits per heavy atom. The summed E-state index contributed by atoms with van der Waals surface area (Å²) in [6.45, 7) is 1.36. The van der Waals surface area contributed by atoms with Crippen LogP contribution in [0.4, 0.5) is 16.2 Å². The lowest BCUT2D eigenvalue weighted by atomic mass is 10.1. The number of methoxy groups -OCH3 is 1. The van der Waals surface area contributed by atoms with Gasteiger partial charge >= 0.3 is 12.0 Å². The molecule has 1 aliphatic rings. The smallest absolute Gasteiger partial charge is 0.328 e. The van der Waals surface area contributed by atoms with Crippen LogP contribution in [0.3, 0.4) is 0 Å². The number of halogens is 2. The molecule has 0 aliphatic carbocycles. The first-order chi connectivity index (χ1) is 19.8. The predicted molar refractivity (Wildman–Crippen MR) is 159 cm³/mol. The molecule has 0 bridgehead atoms. The van der Waals surface area contributed by atoms with Gasteiger partial charge in [-0.25, -0.2) is 9.59 Å². The first kappa shape index (κ1) is 29.9. The summed E-state index contributed by atoms with van der Waals surface area (Å²) in [5.41, 5.74) is 2.10. The molecular formula is C30H30Cl2N4O5. The SMILES string of the molecule is COC(=O)C(Cc1ccc(NC(=O)c2c(Cl)cccc2Cl)cc1)NC(=O)Nc1ccccc1C(=O)N1CCCCC1. The van der Waals surface area contributed by atoms with Gasteiger partial charge in [0.1, 0.15) is 6.04 Å². The van der Waals surface area contributed by atoms with Gasteiger partial charge in [-0.05, 0) is 61.2 Å². The van der Waals surface area contributed by atoms with E-state index in [1.54, 1.807) is 71.6 Å². The minimum absolute atomic E-state index is 0.124. The van der Waals surface area contributed by atoms with E-state index in [2.05, 4.69) is 16.0 Å². The van der Waals surface area contributed by atoms with Crippen molar-refractivity contribution in [1.82, 2.24) is 10.2 Å². The average Bonchev–Trinajstić information content (AvgIpc) is 2.97. The van der Waals surface area contributed by atoms with Crippen molar-refractivity contribution in [3.63, 3.8) is 0 Å². The quantitative estimate of drug-likeness (QED) is 0.285. The molecule has 4 amide bonds. The van der Waals surface area contributed by atoms with E-state index < -0.39 is 23.9 Å². The molecule has 1 heterocycles. The summed E-state index contributed by atoms with van der Waals surface area (Å²) in [7, 11) is 1.24. The molecule has 0 spiro atoms. The molecule has 1 fully saturated rings. The van der Waals surface area contributed by atoms with Crippen LogP contribution in [0.15, 0.2) is 66.7 Å². The molecule has 9 nitrogen and oxygen atoms in total. The predicted octanol–water partition coefficient (Wildman–Crippen LogP) is 5.78. The molecule has 0 aromatic heterocycles. The number of hydrogen-bond acceptors (Lipinski definition) is 5. The molecule has 3 aromatic carbocycles. The summed E-state index contributed by atoms with van der Waals surface area (Å²) < 4.78 is 4.90. The van der Waals surface area contributed by atoms with Crippen LogP contribution < -0.4 is 16.0 Å². The fourth-order valence-corrected chi connectivity index (χ4v) is 5.14. The van der Waals surface area contributed by atoms with Crippen molar-refractivity contribution in [2.45, 2.75) is 31.7 Å². The molecule has 1 saturated heterocycles. The van der Waals surface area contributed by atoms with Crippen molar-refractivity contribution in [3.8, 4) is 0 Å². The normalized spacial score (nSPS) is 13.6. The largest absolute Gasteiger partial charge is 0.467 e. The zero-order chi connectivity index (χ0) is 29.4. The van der Waals surface area contributed by atoms with Gasteiger partial charge in [0.25, 0.3) is 11.8 Å². The maximum atomic E-state index is 13.1. The lowest BCUT2D eigenvalue weighted by molar-refractivity contribution is -0.142. The van der Waals surface area contributed by atoms with Crippen LogP contribution in [-0.4, -0.2) is 55.0 Å². The van der Waals surface area contributed by atoms with Crippen molar-refractivity contribution >= 4 is 58.4 Å². The van der Waals surface area contributed by atoms with Crippen molar-refractivity contribution < 1.29 is 23.9 Å². The van der Waals surface area contributed by atoms with Gasteiger partial charge in [0, 0.05) is 25.2 Å². The number of piperidine rings is 1. The number of carbonyl (C=O) groups excluding carboxylic acids is 4. The number of rotatable bonds is 8. The number of para-hydroxylation sites is 1. The number of esters is 1. The Hall–Kier alpha value is -4.08. The number of urea groups is 1. The summed E-state index contributed by atoms with van der Waals surface area (Å²) >= 11 is 12.2. The molecular weight excluding hydrogens is 567 g/mol. The summed E-state index contributed by atoms with van der Waals surface area (Å²) in [4.78, 5) is 52.9. The van der Waals surface area contributed by atoms with Crippen LogP contribution in [0.5, 0.6) is 0 Å². The highest BCUT2D eigenvalue weighted by Crippen LogP contribution is 2.25. The highest BCUT2D eigenvalue weighted by molar-refractivity contribution is 6.40. The maximum Gasteiger partial charge on any atom is 0.328 e. The number of benzene rings is 3. The molecule has 0 saturated carbocycles. The topological polar surface area (TPSA) is 117 Å². The van der Waals surface area contributed by atoms with E-state index >= 15 is 0 Å². The van der Waals surface area contributed by atoms with E-state index in [0.717, 1.165) is 19.3 Å². The van der Waals surface area contributed by atoms with E-state index in [1.807, 2.05) is 0 Å². The van der Waals surface area contributed by atoms with Gasteiger partial charge in [-0.2, -0.15) is 0 Å².